The summed E-state index contributed by atoms with van der Waals surface area (Å²) in [5.41, 5.74) is 13.4. The number of aromatic nitrogens is 3. The van der Waals surface area contributed by atoms with Crippen LogP contribution in [0, 0.1) is 0 Å². The number of nitrogens with two attached hydrogens (primary N) is 2. The van der Waals surface area contributed by atoms with Crippen LogP contribution in [0.5, 0.6) is 0 Å². The van der Waals surface area contributed by atoms with Gasteiger partial charge in [0.15, 0.2) is 0 Å². The highest BCUT2D eigenvalue weighted by molar-refractivity contribution is 6.42. The summed E-state index contributed by atoms with van der Waals surface area (Å²) in [6.07, 6.45) is 3.38. The van der Waals surface area contributed by atoms with Crippen LogP contribution >= 0.6 is 23.2 Å². The Morgan fingerprint density at radius 1 is 1.14 bits per heavy atom. The zero-order valence-electron chi connectivity index (χ0n) is 10.6. The molecule has 6 nitrogen and oxygen atoms in total. The summed E-state index contributed by atoms with van der Waals surface area (Å²) < 4.78 is 0. The molecule has 106 valence electrons. The number of hydrogen-bond donors (Lipinski definition) is 3. The monoisotopic (exact) mass is 320 g/mol. The maximum atomic E-state index is 5.95. The third-order valence-electron chi connectivity index (χ3n) is 2.86. The van der Waals surface area contributed by atoms with Crippen LogP contribution in [0.15, 0.2) is 29.4 Å². The normalized spacial score (nSPS) is 11.5. The fourth-order valence-corrected chi connectivity index (χ4v) is 2.21. The molecule has 0 radical (unpaired) electrons. The van der Waals surface area contributed by atoms with Gasteiger partial charge in [0, 0.05) is 18.0 Å². The van der Waals surface area contributed by atoms with Crippen molar-refractivity contribution in [2.24, 2.45) is 4.99 Å². The topological polar surface area (TPSA) is 106 Å². The summed E-state index contributed by atoms with van der Waals surface area (Å²) in [6, 6.07) is 5.12. The highest BCUT2D eigenvalue weighted by Crippen LogP contribution is 2.27. The van der Waals surface area contributed by atoms with E-state index in [0.29, 0.717) is 32.6 Å². The smallest absolute Gasteiger partial charge is 0.223 e. The minimum absolute atomic E-state index is 0.120. The fraction of sp³-hybridized carbons (Fsp3) is 0. The Bertz CT molecular complexity index is 855. The van der Waals surface area contributed by atoms with Crippen LogP contribution < -0.4 is 11.5 Å². The van der Waals surface area contributed by atoms with E-state index in [9.17, 15) is 0 Å². The Balaban J connectivity index is 2.01. The van der Waals surface area contributed by atoms with E-state index in [4.69, 9.17) is 34.7 Å². The molecule has 0 saturated carbocycles. The number of hydrogen-bond acceptors (Lipinski definition) is 5. The Labute approximate surface area is 129 Å². The number of anilines is 2. The lowest BCUT2D eigenvalue weighted by molar-refractivity contribution is 1.22. The molecule has 0 saturated heterocycles. The van der Waals surface area contributed by atoms with Crippen molar-refractivity contribution in [1.82, 2.24) is 15.0 Å². The van der Waals surface area contributed by atoms with E-state index in [-0.39, 0.29) is 5.95 Å². The van der Waals surface area contributed by atoms with Gasteiger partial charge < -0.3 is 16.5 Å². The second kappa shape index (κ2) is 5.23. The highest BCUT2D eigenvalue weighted by atomic mass is 35.5. The minimum atomic E-state index is 0.120. The average Bonchev–Trinajstić information content (AvgIpc) is 2.83. The fourth-order valence-electron chi connectivity index (χ4n) is 1.91. The van der Waals surface area contributed by atoms with E-state index in [2.05, 4.69) is 19.9 Å². The molecular weight excluding hydrogens is 311 g/mol. The first-order valence-corrected chi connectivity index (χ1v) is 6.69. The van der Waals surface area contributed by atoms with Gasteiger partial charge in [0.25, 0.3) is 0 Å². The number of benzene rings is 1. The molecular formula is C13H10Cl2N6. The lowest BCUT2D eigenvalue weighted by atomic mass is 10.2. The number of nitrogens with zero attached hydrogens (tertiary/aromatic N) is 3. The van der Waals surface area contributed by atoms with Gasteiger partial charge in [-0.3, -0.25) is 4.99 Å². The molecule has 0 unspecified atom stereocenters. The first-order chi connectivity index (χ1) is 10.0. The third-order valence-corrected chi connectivity index (χ3v) is 3.60. The lowest BCUT2D eigenvalue weighted by Gasteiger charge is -1.99. The molecule has 3 rings (SSSR count). The van der Waals surface area contributed by atoms with Crippen molar-refractivity contribution in [1.29, 1.82) is 0 Å². The Kier molecular flexibility index (Phi) is 3.40. The maximum absolute atomic E-state index is 5.95. The van der Waals surface area contributed by atoms with Crippen molar-refractivity contribution in [3.63, 3.8) is 0 Å². The van der Waals surface area contributed by atoms with Crippen LogP contribution in [-0.2, 0) is 0 Å². The van der Waals surface area contributed by atoms with Gasteiger partial charge in [0.05, 0.1) is 21.1 Å². The van der Waals surface area contributed by atoms with E-state index >= 15 is 0 Å². The number of halogens is 2. The summed E-state index contributed by atoms with van der Waals surface area (Å²) in [7, 11) is 0. The molecule has 8 heteroatoms. The van der Waals surface area contributed by atoms with Crippen LogP contribution in [-0.4, -0.2) is 21.2 Å². The molecule has 2 aromatic heterocycles. The van der Waals surface area contributed by atoms with E-state index in [1.807, 2.05) is 0 Å². The summed E-state index contributed by atoms with van der Waals surface area (Å²) in [5, 5.41) is 1.60. The third kappa shape index (κ3) is 2.63. The molecule has 0 bridgehead atoms. The molecule has 2 heterocycles. The number of rotatable bonds is 2. The van der Waals surface area contributed by atoms with Gasteiger partial charge in [0.2, 0.25) is 5.95 Å². The van der Waals surface area contributed by atoms with Crippen LogP contribution in [0.25, 0.3) is 11.0 Å². The second-order valence-electron chi connectivity index (χ2n) is 4.29. The summed E-state index contributed by atoms with van der Waals surface area (Å²) in [4.78, 5) is 15.3. The zero-order valence-corrected chi connectivity index (χ0v) is 12.2. The first kappa shape index (κ1) is 13.7. The molecule has 0 aliphatic carbocycles. The SMILES string of the molecule is Nc1nc(N)c2c(C=Nc3ccc(Cl)c(Cl)c3)c[nH]c2n1. The van der Waals surface area contributed by atoms with Crippen molar-refractivity contribution >= 4 is 57.9 Å². The van der Waals surface area contributed by atoms with E-state index < -0.39 is 0 Å². The van der Waals surface area contributed by atoms with E-state index in [1.165, 1.54) is 0 Å². The zero-order chi connectivity index (χ0) is 15.0. The molecule has 1 aromatic carbocycles. The molecule has 0 spiro atoms. The molecule has 3 aromatic rings. The van der Waals surface area contributed by atoms with E-state index in [0.717, 1.165) is 5.56 Å². The Hall–Kier alpha value is -2.31. The molecule has 0 atom stereocenters. The molecule has 0 amide bonds. The van der Waals surface area contributed by atoms with E-state index in [1.54, 1.807) is 30.6 Å². The molecule has 0 aliphatic rings. The predicted molar refractivity (Wildman–Crippen MR) is 86.4 cm³/mol. The van der Waals surface area contributed by atoms with Crippen molar-refractivity contribution < 1.29 is 0 Å². The lowest BCUT2D eigenvalue weighted by Crippen LogP contribution is -2.00. The van der Waals surface area contributed by atoms with Gasteiger partial charge in [-0.05, 0) is 18.2 Å². The maximum Gasteiger partial charge on any atom is 0.223 e. The summed E-state index contributed by atoms with van der Waals surface area (Å²) in [5.74, 6) is 0.421. The van der Waals surface area contributed by atoms with Gasteiger partial charge in [0.1, 0.15) is 11.5 Å². The number of fused-ring (bicyclic) bond motifs is 1. The Morgan fingerprint density at radius 3 is 2.71 bits per heavy atom. The summed E-state index contributed by atoms with van der Waals surface area (Å²) >= 11 is 11.8. The van der Waals surface area contributed by atoms with Crippen molar-refractivity contribution in [2.75, 3.05) is 11.5 Å². The van der Waals surface area contributed by atoms with Gasteiger partial charge in [-0.2, -0.15) is 9.97 Å². The predicted octanol–water partition coefficient (Wildman–Crippen LogP) is 3.18. The molecule has 21 heavy (non-hydrogen) atoms. The number of nitrogens with one attached hydrogen (secondary N) is 1. The van der Waals surface area contributed by atoms with Gasteiger partial charge >= 0.3 is 0 Å². The summed E-state index contributed by atoms with van der Waals surface area (Å²) in [6.45, 7) is 0. The molecule has 5 N–H and O–H groups in total. The van der Waals surface area contributed by atoms with Gasteiger partial charge in [-0.25, -0.2) is 0 Å². The molecule has 0 fully saturated rings. The molecule has 0 aliphatic heterocycles. The van der Waals surface area contributed by atoms with Crippen LogP contribution in [0.1, 0.15) is 5.56 Å². The highest BCUT2D eigenvalue weighted by Gasteiger charge is 2.09. The Morgan fingerprint density at radius 2 is 1.95 bits per heavy atom. The van der Waals surface area contributed by atoms with Gasteiger partial charge in [-0.1, -0.05) is 23.2 Å². The minimum Gasteiger partial charge on any atom is -0.383 e. The number of aliphatic imine (C=N–C) groups is 1. The number of H-pyrrole nitrogens is 1. The van der Waals surface area contributed by atoms with Crippen molar-refractivity contribution in [3.8, 4) is 0 Å². The van der Waals surface area contributed by atoms with Crippen LogP contribution in [0.4, 0.5) is 17.5 Å². The van der Waals surface area contributed by atoms with Crippen LogP contribution in [0.3, 0.4) is 0 Å². The second-order valence-corrected chi connectivity index (χ2v) is 5.11. The quantitative estimate of drug-likeness (QED) is 0.630. The van der Waals surface area contributed by atoms with Crippen molar-refractivity contribution in [3.05, 3.63) is 40.0 Å². The number of aromatic amines is 1. The van der Waals surface area contributed by atoms with Crippen LogP contribution in [0.2, 0.25) is 10.0 Å². The largest absolute Gasteiger partial charge is 0.383 e. The average molecular weight is 321 g/mol. The van der Waals surface area contributed by atoms with Crippen molar-refractivity contribution in [2.45, 2.75) is 0 Å². The van der Waals surface area contributed by atoms with Gasteiger partial charge in [-0.15, -0.1) is 0 Å². The standard InChI is InChI=1S/C13H10Cl2N6/c14-8-2-1-7(3-9(8)15)18-4-6-5-19-12-10(6)11(16)20-13(17)21-12/h1-5H,(H5,16,17,19,20,21). The first-order valence-electron chi connectivity index (χ1n) is 5.94. The number of nitrogen functional groups attached to an aromatic ring is 2.